The lowest BCUT2D eigenvalue weighted by molar-refractivity contribution is 0.386. The smallest absolute Gasteiger partial charge is 0.0582 e. The van der Waals surface area contributed by atoms with Crippen LogP contribution in [0.1, 0.15) is 43.2 Å². The van der Waals surface area contributed by atoms with E-state index in [-0.39, 0.29) is 0 Å². The van der Waals surface area contributed by atoms with Gasteiger partial charge in [-0.25, -0.2) is 0 Å². The fraction of sp³-hybridized carbons (Fsp3) is 0.438. The van der Waals surface area contributed by atoms with E-state index in [1.165, 1.54) is 32.1 Å². The van der Waals surface area contributed by atoms with Crippen LogP contribution in [0, 0.1) is 18.8 Å². The zero-order chi connectivity index (χ0) is 11.9. The summed E-state index contributed by atoms with van der Waals surface area (Å²) in [5, 5.41) is 3.52. The Kier molecular flexibility index (Phi) is 4.64. The standard InChI is InChI=1S/C16H20N/c1-14-9-11-15(12-10-14)6-5-13-17-16-7-3-2-4-8-16/h9-12,16-17H,1-4,7-8,13H2. The van der Waals surface area contributed by atoms with Gasteiger partial charge in [-0.2, -0.15) is 0 Å². The minimum Gasteiger partial charge on any atom is -0.303 e. The summed E-state index contributed by atoms with van der Waals surface area (Å²) in [6.07, 6.45) is 6.78. The van der Waals surface area contributed by atoms with Gasteiger partial charge in [-0.05, 0) is 37.5 Å². The zero-order valence-electron chi connectivity index (χ0n) is 10.3. The maximum absolute atomic E-state index is 3.86. The van der Waals surface area contributed by atoms with Gasteiger partial charge in [0.2, 0.25) is 0 Å². The lowest BCUT2D eigenvalue weighted by atomic mass is 9.95. The van der Waals surface area contributed by atoms with Gasteiger partial charge in [0.15, 0.2) is 0 Å². The third-order valence-electron chi connectivity index (χ3n) is 3.27. The molecule has 1 aromatic rings. The molecule has 0 atom stereocenters. The Hall–Kier alpha value is -1.26. The molecule has 1 aromatic carbocycles. The van der Waals surface area contributed by atoms with Crippen molar-refractivity contribution in [2.45, 2.75) is 38.1 Å². The molecule has 1 fully saturated rings. The SMILES string of the molecule is [CH2]c1ccc(C#CCNC2CCCCC2)cc1. The fourth-order valence-electron chi connectivity index (χ4n) is 2.24. The predicted molar refractivity (Wildman–Crippen MR) is 72.7 cm³/mol. The predicted octanol–water partition coefficient (Wildman–Crippen LogP) is 3.14. The Morgan fingerprint density at radius 3 is 2.53 bits per heavy atom. The molecule has 0 heterocycles. The average molecular weight is 226 g/mol. The second-order valence-electron chi connectivity index (χ2n) is 4.71. The van der Waals surface area contributed by atoms with Crippen molar-refractivity contribution in [2.75, 3.05) is 6.54 Å². The molecule has 0 saturated heterocycles. The largest absolute Gasteiger partial charge is 0.303 e. The van der Waals surface area contributed by atoms with Gasteiger partial charge < -0.3 is 5.32 Å². The van der Waals surface area contributed by atoms with Gasteiger partial charge in [0.1, 0.15) is 0 Å². The summed E-state index contributed by atoms with van der Waals surface area (Å²) >= 11 is 0. The van der Waals surface area contributed by atoms with Crippen LogP contribution in [0.2, 0.25) is 0 Å². The minimum atomic E-state index is 0.695. The van der Waals surface area contributed by atoms with Crippen LogP contribution in [0.15, 0.2) is 24.3 Å². The minimum absolute atomic E-state index is 0.695. The van der Waals surface area contributed by atoms with E-state index in [0.717, 1.165) is 17.7 Å². The summed E-state index contributed by atoms with van der Waals surface area (Å²) in [4.78, 5) is 0. The van der Waals surface area contributed by atoms with E-state index in [0.29, 0.717) is 6.04 Å². The quantitative estimate of drug-likeness (QED) is 0.764. The van der Waals surface area contributed by atoms with Gasteiger partial charge >= 0.3 is 0 Å². The third-order valence-corrected chi connectivity index (χ3v) is 3.27. The van der Waals surface area contributed by atoms with Crippen LogP contribution in [-0.2, 0) is 0 Å². The number of nitrogens with one attached hydrogen (secondary N) is 1. The van der Waals surface area contributed by atoms with E-state index >= 15 is 0 Å². The summed E-state index contributed by atoms with van der Waals surface area (Å²) in [6.45, 7) is 4.66. The topological polar surface area (TPSA) is 12.0 Å². The van der Waals surface area contributed by atoms with E-state index < -0.39 is 0 Å². The number of hydrogen-bond acceptors (Lipinski definition) is 1. The van der Waals surface area contributed by atoms with Crippen molar-refractivity contribution in [3.63, 3.8) is 0 Å². The first-order valence-corrected chi connectivity index (χ1v) is 6.49. The summed E-state index contributed by atoms with van der Waals surface area (Å²) in [7, 11) is 0. The van der Waals surface area contributed by atoms with Crippen LogP contribution >= 0.6 is 0 Å². The molecule has 0 unspecified atom stereocenters. The number of hydrogen-bond donors (Lipinski definition) is 1. The Bertz CT molecular complexity index is 388. The van der Waals surface area contributed by atoms with Gasteiger partial charge in [0, 0.05) is 11.6 Å². The molecule has 1 aliphatic carbocycles. The Morgan fingerprint density at radius 2 is 1.82 bits per heavy atom. The molecular weight excluding hydrogens is 206 g/mol. The highest BCUT2D eigenvalue weighted by atomic mass is 14.9. The van der Waals surface area contributed by atoms with Crippen molar-refractivity contribution in [3.05, 3.63) is 42.3 Å². The van der Waals surface area contributed by atoms with E-state index in [4.69, 9.17) is 0 Å². The maximum atomic E-state index is 3.86. The van der Waals surface area contributed by atoms with Crippen molar-refractivity contribution < 1.29 is 0 Å². The first-order chi connectivity index (χ1) is 8.34. The molecule has 17 heavy (non-hydrogen) atoms. The highest BCUT2D eigenvalue weighted by Gasteiger charge is 2.10. The highest BCUT2D eigenvalue weighted by Crippen LogP contribution is 2.16. The van der Waals surface area contributed by atoms with Gasteiger partial charge in [0.25, 0.3) is 0 Å². The number of benzene rings is 1. The molecule has 1 heteroatoms. The first kappa shape index (κ1) is 12.2. The van der Waals surface area contributed by atoms with Crippen LogP contribution in [0.25, 0.3) is 0 Å². The van der Waals surface area contributed by atoms with Crippen LogP contribution in [0.3, 0.4) is 0 Å². The van der Waals surface area contributed by atoms with Crippen molar-refractivity contribution in [3.8, 4) is 11.8 Å². The summed E-state index contributed by atoms with van der Waals surface area (Å²) in [5.74, 6) is 6.36. The molecule has 2 rings (SSSR count). The monoisotopic (exact) mass is 226 g/mol. The normalized spacial score (nSPS) is 16.3. The molecule has 1 N–H and O–H groups in total. The van der Waals surface area contributed by atoms with E-state index in [1.807, 2.05) is 24.3 Å². The molecule has 0 amide bonds. The second-order valence-corrected chi connectivity index (χ2v) is 4.71. The molecular formula is C16H20N. The van der Waals surface area contributed by atoms with Gasteiger partial charge in [-0.3, -0.25) is 0 Å². The van der Waals surface area contributed by atoms with Crippen molar-refractivity contribution in [1.82, 2.24) is 5.32 Å². The van der Waals surface area contributed by atoms with Crippen LogP contribution in [-0.4, -0.2) is 12.6 Å². The van der Waals surface area contributed by atoms with Crippen LogP contribution in [0.5, 0.6) is 0 Å². The van der Waals surface area contributed by atoms with Gasteiger partial charge in [0.05, 0.1) is 6.54 Å². The first-order valence-electron chi connectivity index (χ1n) is 6.49. The summed E-state index contributed by atoms with van der Waals surface area (Å²) < 4.78 is 0. The molecule has 89 valence electrons. The maximum Gasteiger partial charge on any atom is 0.0582 e. The average Bonchev–Trinajstić information content (AvgIpc) is 2.38. The zero-order valence-corrected chi connectivity index (χ0v) is 10.3. The molecule has 0 aromatic heterocycles. The van der Waals surface area contributed by atoms with E-state index in [9.17, 15) is 0 Å². The Labute approximate surface area is 105 Å². The molecule has 1 radical (unpaired) electrons. The second kappa shape index (κ2) is 6.47. The molecule has 0 bridgehead atoms. The Morgan fingerprint density at radius 1 is 1.12 bits per heavy atom. The van der Waals surface area contributed by atoms with Crippen molar-refractivity contribution in [2.24, 2.45) is 0 Å². The number of rotatable bonds is 2. The molecule has 0 aliphatic heterocycles. The van der Waals surface area contributed by atoms with Crippen LogP contribution in [0.4, 0.5) is 0 Å². The molecule has 0 spiro atoms. The summed E-state index contributed by atoms with van der Waals surface area (Å²) in [6, 6.07) is 8.74. The fourth-order valence-corrected chi connectivity index (χ4v) is 2.24. The molecule has 1 nitrogen and oxygen atoms in total. The molecule has 1 aliphatic rings. The van der Waals surface area contributed by atoms with Crippen molar-refractivity contribution >= 4 is 0 Å². The molecule has 1 saturated carbocycles. The van der Waals surface area contributed by atoms with Gasteiger partial charge in [-0.15, -0.1) is 0 Å². The highest BCUT2D eigenvalue weighted by molar-refractivity contribution is 5.36. The third kappa shape index (κ3) is 4.24. The Balaban J connectivity index is 1.76. The lowest BCUT2D eigenvalue weighted by Crippen LogP contribution is -2.31. The van der Waals surface area contributed by atoms with Gasteiger partial charge in [-0.1, -0.05) is 43.2 Å². The van der Waals surface area contributed by atoms with Crippen molar-refractivity contribution in [1.29, 1.82) is 0 Å². The van der Waals surface area contributed by atoms with E-state index in [1.54, 1.807) is 0 Å². The lowest BCUT2D eigenvalue weighted by Gasteiger charge is -2.21. The van der Waals surface area contributed by atoms with E-state index in [2.05, 4.69) is 24.1 Å². The van der Waals surface area contributed by atoms with Crippen LogP contribution < -0.4 is 5.32 Å². The summed E-state index contributed by atoms with van der Waals surface area (Å²) in [5.41, 5.74) is 2.11.